The van der Waals surface area contributed by atoms with Crippen LogP contribution in [0.15, 0.2) is 0 Å². The number of hydrogen-bond donors (Lipinski definition) is 0. The fraction of sp³-hybridized carbons (Fsp3) is 1.00. The SMILES string of the molecule is CN(C)P(Cl)C(F)(F)F. The summed E-state index contributed by atoms with van der Waals surface area (Å²) in [6.07, 6.45) is 0. The Balaban J connectivity index is 3.88. The van der Waals surface area contributed by atoms with Gasteiger partial charge in [0.15, 0.2) is 7.43 Å². The van der Waals surface area contributed by atoms with Crippen molar-refractivity contribution in [2.45, 2.75) is 5.92 Å². The van der Waals surface area contributed by atoms with E-state index in [4.69, 9.17) is 11.2 Å². The Morgan fingerprint density at radius 3 is 1.67 bits per heavy atom. The standard InChI is InChI=1S/C3H6ClF3NP/c1-8(2)9(4)3(5,6)7/h1-2H3. The van der Waals surface area contributed by atoms with Gasteiger partial charge in [-0.3, -0.25) is 4.67 Å². The zero-order valence-corrected chi connectivity index (χ0v) is 6.56. The van der Waals surface area contributed by atoms with Crippen LogP contribution in [0, 0.1) is 0 Å². The highest BCUT2D eigenvalue weighted by Gasteiger charge is 2.40. The Morgan fingerprint density at radius 2 is 1.67 bits per heavy atom. The second kappa shape index (κ2) is 3.04. The van der Waals surface area contributed by atoms with E-state index in [2.05, 4.69) is 0 Å². The van der Waals surface area contributed by atoms with Gasteiger partial charge in [-0.15, -0.1) is 0 Å². The molecule has 56 valence electrons. The summed E-state index contributed by atoms with van der Waals surface area (Å²) in [7, 11) is 0.121. The number of halogens is 4. The first-order valence-electron chi connectivity index (χ1n) is 2.05. The molecule has 0 aromatic heterocycles. The van der Waals surface area contributed by atoms with E-state index in [-0.39, 0.29) is 0 Å². The Hall–Kier alpha value is 0.470. The first kappa shape index (κ1) is 9.47. The topological polar surface area (TPSA) is 3.24 Å². The zero-order valence-electron chi connectivity index (χ0n) is 4.91. The molecule has 0 aliphatic carbocycles. The summed E-state index contributed by atoms with van der Waals surface area (Å²) in [5, 5.41) is 0. The Morgan fingerprint density at radius 1 is 1.33 bits per heavy atom. The number of alkyl halides is 3. The molecule has 0 amide bonds. The summed E-state index contributed by atoms with van der Waals surface area (Å²) in [5.74, 6) is -4.26. The highest BCUT2D eigenvalue weighted by molar-refractivity contribution is 7.82. The molecule has 0 fully saturated rings. The zero-order chi connectivity index (χ0) is 7.65. The van der Waals surface area contributed by atoms with Crippen LogP contribution in [-0.4, -0.2) is 24.7 Å². The lowest BCUT2D eigenvalue weighted by molar-refractivity contribution is -0.0417. The van der Waals surface area contributed by atoms with Gasteiger partial charge in [0.05, 0.1) is 0 Å². The molecule has 0 heterocycles. The molecule has 0 aliphatic heterocycles. The van der Waals surface area contributed by atoms with E-state index in [0.29, 0.717) is 0 Å². The van der Waals surface area contributed by atoms with Gasteiger partial charge in [-0.05, 0) is 14.1 Å². The largest absolute Gasteiger partial charge is 0.433 e. The molecule has 0 aromatic rings. The molecule has 0 radical (unpaired) electrons. The third-order valence-corrected chi connectivity index (χ3v) is 3.16. The number of rotatable bonds is 1. The average molecular weight is 180 g/mol. The molecule has 0 saturated carbocycles. The minimum absolute atomic E-state index is 0.955. The van der Waals surface area contributed by atoms with E-state index in [1.807, 2.05) is 0 Å². The Bertz CT molecular complexity index is 93.5. The van der Waals surface area contributed by atoms with E-state index in [9.17, 15) is 13.2 Å². The van der Waals surface area contributed by atoms with E-state index >= 15 is 0 Å². The lowest BCUT2D eigenvalue weighted by Crippen LogP contribution is -2.13. The minimum Gasteiger partial charge on any atom is -0.269 e. The molecule has 0 saturated heterocycles. The molecule has 0 aromatic carbocycles. The van der Waals surface area contributed by atoms with Crippen LogP contribution in [0.4, 0.5) is 13.2 Å². The highest BCUT2D eigenvalue weighted by atomic mass is 35.7. The predicted octanol–water partition coefficient (Wildman–Crippen LogP) is 2.62. The van der Waals surface area contributed by atoms with E-state index < -0.39 is 13.3 Å². The summed E-state index contributed by atoms with van der Waals surface area (Å²) in [5.41, 5.74) is 0. The summed E-state index contributed by atoms with van der Waals surface area (Å²) in [6, 6.07) is 0. The van der Waals surface area contributed by atoms with Crippen LogP contribution in [0.1, 0.15) is 0 Å². The molecular formula is C3H6ClF3NP. The molecule has 0 spiro atoms. The fourth-order valence-corrected chi connectivity index (χ4v) is 0.680. The first-order valence-corrected chi connectivity index (χ1v) is 4.25. The molecule has 9 heavy (non-hydrogen) atoms. The van der Waals surface area contributed by atoms with Gasteiger partial charge in [-0.2, -0.15) is 13.2 Å². The minimum atomic E-state index is -4.26. The number of hydrogen-bond acceptors (Lipinski definition) is 1. The summed E-state index contributed by atoms with van der Waals surface area (Å²) < 4.78 is 35.6. The van der Waals surface area contributed by atoms with E-state index in [1.54, 1.807) is 0 Å². The first-order chi connectivity index (χ1) is 3.85. The van der Waals surface area contributed by atoms with Gasteiger partial charge < -0.3 is 0 Å². The molecule has 6 heteroatoms. The molecule has 1 unspecified atom stereocenters. The lowest BCUT2D eigenvalue weighted by Gasteiger charge is -2.18. The van der Waals surface area contributed by atoms with Crippen molar-refractivity contribution in [3.63, 3.8) is 0 Å². The van der Waals surface area contributed by atoms with Crippen LogP contribution >= 0.6 is 18.7 Å². The predicted molar refractivity (Wildman–Crippen MR) is 32.5 cm³/mol. The normalized spacial score (nSPS) is 16.3. The summed E-state index contributed by atoms with van der Waals surface area (Å²) >= 11 is 4.96. The van der Waals surface area contributed by atoms with Crippen LogP contribution in [0.25, 0.3) is 0 Å². The average Bonchev–Trinajstić information content (AvgIpc) is 1.62. The summed E-state index contributed by atoms with van der Waals surface area (Å²) in [4.78, 5) is 0. The van der Waals surface area contributed by atoms with Gasteiger partial charge >= 0.3 is 5.92 Å². The van der Waals surface area contributed by atoms with Crippen LogP contribution in [0.3, 0.4) is 0 Å². The monoisotopic (exact) mass is 179 g/mol. The number of nitrogens with zero attached hydrogens (tertiary/aromatic N) is 1. The van der Waals surface area contributed by atoms with E-state index in [0.717, 1.165) is 4.67 Å². The second-order valence-electron chi connectivity index (χ2n) is 1.58. The molecule has 1 atom stereocenters. The molecule has 0 aliphatic rings. The van der Waals surface area contributed by atoms with Gasteiger partial charge in [0, 0.05) is 0 Å². The second-order valence-corrected chi connectivity index (χ2v) is 4.36. The summed E-state index contributed by atoms with van der Waals surface area (Å²) in [6.45, 7) is 0. The molecule has 0 N–H and O–H groups in total. The van der Waals surface area contributed by atoms with Crippen molar-refractivity contribution < 1.29 is 13.2 Å². The lowest BCUT2D eigenvalue weighted by atomic mass is 11.3. The Labute approximate surface area is 57.4 Å². The van der Waals surface area contributed by atoms with Crippen molar-refractivity contribution in [2.24, 2.45) is 0 Å². The van der Waals surface area contributed by atoms with Crippen LogP contribution in [0.2, 0.25) is 0 Å². The smallest absolute Gasteiger partial charge is 0.269 e. The van der Waals surface area contributed by atoms with Crippen molar-refractivity contribution in [1.29, 1.82) is 0 Å². The van der Waals surface area contributed by atoms with Crippen molar-refractivity contribution in [3.05, 3.63) is 0 Å². The van der Waals surface area contributed by atoms with Gasteiger partial charge in [-0.1, -0.05) is 11.2 Å². The molecular weight excluding hydrogens is 173 g/mol. The molecule has 0 rings (SSSR count). The van der Waals surface area contributed by atoms with Gasteiger partial charge in [0.2, 0.25) is 0 Å². The fourth-order valence-electron chi connectivity index (χ4n) is 0.227. The maximum absolute atomic E-state index is 11.6. The third kappa shape index (κ3) is 3.23. The maximum atomic E-state index is 11.6. The maximum Gasteiger partial charge on any atom is 0.433 e. The molecule has 1 nitrogen and oxygen atoms in total. The highest BCUT2D eigenvalue weighted by Crippen LogP contribution is 2.58. The van der Waals surface area contributed by atoms with Crippen LogP contribution in [0.5, 0.6) is 0 Å². The van der Waals surface area contributed by atoms with Gasteiger partial charge in [0.25, 0.3) is 0 Å². The quantitative estimate of drug-likeness (QED) is 0.560. The Kier molecular flexibility index (Phi) is 3.20. The third-order valence-electron chi connectivity index (χ3n) is 0.560. The van der Waals surface area contributed by atoms with Crippen LogP contribution in [-0.2, 0) is 0 Å². The van der Waals surface area contributed by atoms with Crippen molar-refractivity contribution in [3.8, 4) is 0 Å². The van der Waals surface area contributed by atoms with E-state index in [1.165, 1.54) is 14.1 Å². The van der Waals surface area contributed by atoms with Gasteiger partial charge in [0.1, 0.15) is 0 Å². The van der Waals surface area contributed by atoms with Gasteiger partial charge in [-0.25, -0.2) is 0 Å². The van der Waals surface area contributed by atoms with Crippen molar-refractivity contribution >= 4 is 18.7 Å². The van der Waals surface area contributed by atoms with Crippen molar-refractivity contribution in [2.75, 3.05) is 14.1 Å². The van der Waals surface area contributed by atoms with Crippen LogP contribution < -0.4 is 0 Å². The molecule has 0 bridgehead atoms. The van der Waals surface area contributed by atoms with Crippen molar-refractivity contribution in [1.82, 2.24) is 4.67 Å².